The zero-order valence-electron chi connectivity index (χ0n) is 15.4. The van der Waals surface area contributed by atoms with E-state index in [4.69, 9.17) is 4.42 Å². The number of imidazole rings is 1. The molecule has 1 fully saturated rings. The normalized spacial score (nSPS) is 15.3. The van der Waals surface area contributed by atoms with Crippen molar-refractivity contribution in [1.29, 1.82) is 0 Å². The maximum Gasteiger partial charge on any atom is 0.287 e. The van der Waals surface area contributed by atoms with Gasteiger partial charge < -0.3 is 19.0 Å². The van der Waals surface area contributed by atoms with Crippen molar-refractivity contribution in [3.05, 3.63) is 59.4 Å². The van der Waals surface area contributed by atoms with E-state index in [1.165, 1.54) is 0 Å². The summed E-state index contributed by atoms with van der Waals surface area (Å²) in [5.41, 5.74) is 2.26. The topological polar surface area (TPSA) is 79.9 Å². The molecule has 4 rings (SSSR count). The predicted molar refractivity (Wildman–Crippen MR) is 99.8 cm³/mol. The maximum atomic E-state index is 12.8. The Kier molecular flexibility index (Phi) is 4.43. The Balaban J connectivity index is 1.37. The molecule has 7 heteroatoms. The molecule has 0 aromatic carbocycles. The standard InChI is InChI=1S/C20H22N4O3/c1-13-4-3-5-18-22-16(12-24(13)18)20(26)23-10-8-15(9-11-23)21-19(25)17-7-6-14(2)27-17/h3-7,12,15H,8-11H2,1-2H3,(H,21,25). The largest absolute Gasteiger partial charge is 0.456 e. The molecule has 0 unspecified atom stereocenters. The summed E-state index contributed by atoms with van der Waals surface area (Å²) in [7, 11) is 0. The van der Waals surface area contributed by atoms with Crippen molar-refractivity contribution in [3.63, 3.8) is 0 Å². The van der Waals surface area contributed by atoms with Gasteiger partial charge in [0.1, 0.15) is 17.1 Å². The summed E-state index contributed by atoms with van der Waals surface area (Å²) in [6, 6.07) is 9.29. The minimum atomic E-state index is -0.205. The monoisotopic (exact) mass is 366 g/mol. The lowest BCUT2D eigenvalue weighted by Crippen LogP contribution is -2.46. The van der Waals surface area contributed by atoms with Gasteiger partial charge in [-0.2, -0.15) is 0 Å². The molecule has 0 spiro atoms. The van der Waals surface area contributed by atoms with E-state index >= 15 is 0 Å². The van der Waals surface area contributed by atoms with Crippen LogP contribution >= 0.6 is 0 Å². The molecule has 2 amide bonds. The summed E-state index contributed by atoms with van der Waals surface area (Å²) >= 11 is 0. The van der Waals surface area contributed by atoms with E-state index in [-0.39, 0.29) is 17.9 Å². The van der Waals surface area contributed by atoms with Gasteiger partial charge in [0.05, 0.1) is 0 Å². The molecule has 1 aliphatic rings. The Morgan fingerprint density at radius 1 is 1.15 bits per heavy atom. The summed E-state index contributed by atoms with van der Waals surface area (Å²) in [6.45, 7) is 4.97. The van der Waals surface area contributed by atoms with Crippen LogP contribution in [0.2, 0.25) is 0 Å². The van der Waals surface area contributed by atoms with Gasteiger partial charge in [-0.05, 0) is 51.0 Å². The van der Waals surface area contributed by atoms with Crippen LogP contribution in [0.25, 0.3) is 5.65 Å². The van der Waals surface area contributed by atoms with Crippen LogP contribution in [0.4, 0.5) is 0 Å². The van der Waals surface area contributed by atoms with Crippen LogP contribution in [0.15, 0.2) is 40.9 Å². The van der Waals surface area contributed by atoms with Gasteiger partial charge in [-0.3, -0.25) is 9.59 Å². The van der Waals surface area contributed by atoms with Gasteiger partial charge in [-0.1, -0.05) is 6.07 Å². The molecule has 1 saturated heterocycles. The molecular formula is C20H22N4O3. The number of carbonyl (C=O) groups is 2. The highest BCUT2D eigenvalue weighted by Gasteiger charge is 2.26. The van der Waals surface area contributed by atoms with Crippen LogP contribution in [0, 0.1) is 13.8 Å². The van der Waals surface area contributed by atoms with Gasteiger partial charge in [-0.25, -0.2) is 4.98 Å². The number of likely N-dealkylation sites (tertiary alicyclic amines) is 1. The number of nitrogens with zero attached hydrogens (tertiary/aromatic N) is 3. The number of fused-ring (bicyclic) bond motifs is 1. The van der Waals surface area contributed by atoms with E-state index in [0.717, 1.165) is 11.3 Å². The summed E-state index contributed by atoms with van der Waals surface area (Å²) in [5.74, 6) is 0.766. The second-order valence-electron chi connectivity index (χ2n) is 6.97. The molecule has 4 heterocycles. The summed E-state index contributed by atoms with van der Waals surface area (Å²) in [5, 5.41) is 2.99. The van der Waals surface area contributed by atoms with Crippen molar-refractivity contribution in [2.75, 3.05) is 13.1 Å². The number of pyridine rings is 1. The van der Waals surface area contributed by atoms with E-state index in [1.54, 1.807) is 23.2 Å². The van der Waals surface area contributed by atoms with E-state index in [2.05, 4.69) is 10.3 Å². The highest BCUT2D eigenvalue weighted by Crippen LogP contribution is 2.16. The van der Waals surface area contributed by atoms with Crippen molar-refractivity contribution < 1.29 is 14.0 Å². The molecule has 1 N–H and O–H groups in total. The lowest BCUT2D eigenvalue weighted by Gasteiger charge is -2.31. The smallest absolute Gasteiger partial charge is 0.287 e. The first-order valence-corrected chi connectivity index (χ1v) is 9.12. The number of hydrogen-bond acceptors (Lipinski definition) is 4. The SMILES string of the molecule is Cc1ccc(C(=O)NC2CCN(C(=O)c3cn4c(C)cccc4n3)CC2)o1. The van der Waals surface area contributed by atoms with Gasteiger partial charge >= 0.3 is 0 Å². The zero-order valence-corrected chi connectivity index (χ0v) is 15.4. The Morgan fingerprint density at radius 2 is 1.93 bits per heavy atom. The highest BCUT2D eigenvalue weighted by molar-refractivity contribution is 5.93. The van der Waals surface area contributed by atoms with Crippen molar-refractivity contribution in [2.24, 2.45) is 0 Å². The number of carbonyl (C=O) groups excluding carboxylic acids is 2. The molecule has 140 valence electrons. The quantitative estimate of drug-likeness (QED) is 0.773. The Bertz CT molecular complexity index is 996. The minimum absolute atomic E-state index is 0.0373. The van der Waals surface area contributed by atoms with E-state index in [0.29, 0.717) is 43.1 Å². The fraction of sp³-hybridized carbons (Fsp3) is 0.350. The molecular weight excluding hydrogens is 344 g/mol. The third kappa shape index (κ3) is 3.45. The highest BCUT2D eigenvalue weighted by atomic mass is 16.3. The van der Waals surface area contributed by atoms with Crippen molar-refractivity contribution >= 4 is 17.5 Å². The molecule has 7 nitrogen and oxygen atoms in total. The molecule has 0 saturated carbocycles. The van der Waals surface area contributed by atoms with Crippen LogP contribution < -0.4 is 5.32 Å². The fourth-order valence-electron chi connectivity index (χ4n) is 3.45. The average molecular weight is 366 g/mol. The van der Waals surface area contributed by atoms with E-state index < -0.39 is 0 Å². The summed E-state index contributed by atoms with van der Waals surface area (Å²) in [4.78, 5) is 31.2. The molecule has 0 bridgehead atoms. The van der Waals surface area contributed by atoms with Crippen LogP contribution in [-0.2, 0) is 0 Å². The number of amides is 2. The summed E-state index contributed by atoms with van der Waals surface area (Å²) < 4.78 is 7.28. The first kappa shape index (κ1) is 17.3. The van der Waals surface area contributed by atoms with Gasteiger partial charge in [0.25, 0.3) is 11.8 Å². The van der Waals surface area contributed by atoms with Crippen LogP contribution in [0.3, 0.4) is 0 Å². The second-order valence-corrected chi connectivity index (χ2v) is 6.97. The van der Waals surface area contributed by atoms with Crippen LogP contribution in [0.5, 0.6) is 0 Å². The molecule has 0 atom stereocenters. The van der Waals surface area contributed by atoms with Crippen molar-refractivity contribution in [1.82, 2.24) is 19.6 Å². The third-order valence-corrected chi connectivity index (χ3v) is 5.00. The number of piperidine rings is 1. The van der Waals surface area contributed by atoms with Crippen LogP contribution in [0.1, 0.15) is 45.3 Å². The molecule has 27 heavy (non-hydrogen) atoms. The predicted octanol–water partition coefficient (Wildman–Crippen LogP) is 2.58. The molecule has 3 aromatic heterocycles. The third-order valence-electron chi connectivity index (χ3n) is 5.00. The first-order valence-electron chi connectivity index (χ1n) is 9.12. The minimum Gasteiger partial charge on any atom is -0.456 e. The van der Waals surface area contributed by atoms with Crippen molar-refractivity contribution in [2.45, 2.75) is 32.7 Å². The van der Waals surface area contributed by atoms with E-state index in [1.807, 2.05) is 36.4 Å². The Labute approximate surface area is 157 Å². The Hall–Kier alpha value is -3.09. The number of aryl methyl sites for hydroxylation is 2. The van der Waals surface area contributed by atoms with E-state index in [9.17, 15) is 9.59 Å². The van der Waals surface area contributed by atoms with Gasteiger partial charge in [0, 0.05) is 31.0 Å². The molecule has 0 aliphatic carbocycles. The molecule has 1 aliphatic heterocycles. The zero-order chi connectivity index (χ0) is 19.0. The lowest BCUT2D eigenvalue weighted by molar-refractivity contribution is 0.0690. The number of hydrogen-bond donors (Lipinski definition) is 1. The maximum absolute atomic E-state index is 12.8. The van der Waals surface area contributed by atoms with Gasteiger partial charge in [0.2, 0.25) is 0 Å². The second kappa shape index (κ2) is 6.90. The lowest BCUT2D eigenvalue weighted by atomic mass is 10.0. The number of rotatable bonds is 3. The molecule has 3 aromatic rings. The number of aromatic nitrogens is 2. The van der Waals surface area contributed by atoms with Crippen LogP contribution in [-0.4, -0.2) is 45.2 Å². The Morgan fingerprint density at radius 3 is 2.59 bits per heavy atom. The number of furan rings is 1. The summed E-state index contributed by atoms with van der Waals surface area (Å²) in [6.07, 6.45) is 3.22. The fourth-order valence-corrected chi connectivity index (χ4v) is 3.45. The average Bonchev–Trinajstić information content (AvgIpc) is 3.29. The number of nitrogens with one attached hydrogen (secondary N) is 1. The van der Waals surface area contributed by atoms with Gasteiger partial charge in [0.15, 0.2) is 5.76 Å². The first-order chi connectivity index (χ1) is 13.0. The van der Waals surface area contributed by atoms with Gasteiger partial charge in [-0.15, -0.1) is 0 Å². The van der Waals surface area contributed by atoms with Crippen molar-refractivity contribution in [3.8, 4) is 0 Å². The molecule has 0 radical (unpaired) electrons.